The van der Waals surface area contributed by atoms with Gasteiger partial charge in [-0.25, -0.2) is 4.79 Å². The van der Waals surface area contributed by atoms with Crippen LogP contribution in [0.1, 0.15) is 128 Å². The molecular formula is C48H68N6O8. The molecule has 0 aliphatic heterocycles. The Labute approximate surface area is 366 Å². The van der Waals surface area contributed by atoms with Crippen molar-refractivity contribution in [2.45, 2.75) is 154 Å². The zero-order chi connectivity index (χ0) is 45.3. The number of amides is 6. The number of carboxylic acid groups (broad SMARTS) is 1. The van der Waals surface area contributed by atoms with Crippen LogP contribution in [0, 0.1) is 5.92 Å². The van der Waals surface area contributed by atoms with Gasteiger partial charge in [-0.3, -0.25) is 28.8 Å². The summed E-state index contributed by atoms with van der Waals surface area (Å²) in [5.41, 5.74) is 12.6. The number of unbranched alkanes of at least 4 members (excludes halogenated alkanes) is 11. The van der Waals surface area contributed by atoms with E-state index in [1.807, 2.05) is 56.3 Å². The van der Waals surface area contributed by atoms with Crippen molar-refractivity contribution in [3.63, 3.8) is 0 Å². The van der Waals surface area contributed by atoms with E-state index >= 15 is 0 Å². The first-order chi connectivity index (χ1) is 29.8. The SMILES string of the molecule is CC[C@H](C)[C@H](NC(=O)CCCCCCCCCCCCCCC(=O)N[C@@H](CC(N)=O)C(=O)N[C@@H](Cc1ccccc1)C(=O)O)C(=O)N[C@@H](Cc1ccc2ccccc2c1)C(N)=O. The number of rotatable bonds is 31. The maximum atomic E-state index is 13.4. The van der Waals surface area contributed by atoms with Crippen molar-refractivity contribution in [3.05, 3.63) is 83.9 Å². The summed E-state index contributed by atoms with van der Waals surface area (Å²) in [6.45, 7) is 3.86. The Morgan fingerprint density at radius 2 is 1.05 bits per heavy atom. The molecule has 0 aliphatic carbocycles. The number of aliphatic carboxylic acids is 1. The van der Waals surface area contributed by atoms with Gasteiger partial charge < -0.3 is 37.8 Å². The van der Waals surface area contributed by atoms with E-state index in [4.69, 9.17) is 11.5 Å². The molecule has 0 aliphatic rings. The first-order valence-electron chi connectivity index (χ1n) is 22.3. The van der Waals surface area contributed by atoms with Gasteiger partial charge >= 0.3 is 5.97 Å². The van der Waals surface area contributed by atoms with Crippen molar-refractivity contribution in [3.8, 4) is 0 Å². The summed E-state index contributed by atoms with van der Waals surface area (Å²) < 4.78 is 0. The Morgan fingerprint density at radius 1 is 0.548 bits per heavy atom. The second-order valence-electron chi connectivity index (χ2n) is 16.4. The molecule has 0 bridgehead atoms. The zero-order valence-corrected chi connectivity index (χ0v) is 36.5. The minimum atomic E-state index is -1.26. The molecule has 0 fully saturated rings. The first kappa shape index (κ1) is 50.6. The number of carboxylic acids is 1. The summed E-state index contributed by atoms with van der Waals surface area (Å²) in [4.78, 5) is 87.5. The quantitative estimate of drug-likeness (QED) is 0.0406. The number of nitrogens with two attached hydrogens (primary N) is 2. The minimum Gasteiger partial charge on any atom is -0.480 e. The Kier molecular flexibility index (Phi) is 22.8. The third-order valence-electron chi connectivity index (χ3n) is 11.2. The van der Waals surface area contributed by atoms with Gasteiger partial charge in [0.2, 0.25) is 35.4 Å². The first-order valence-corrected chi connectivity index (χ1v) is 22.3. The second kappa shape index (κ2) is 27.9. The van der Waals surface area contributed by atoms with Gasteiger partial charge in [0, 0.05) is 25.7 Å². The van der Waals surface area contributed by atoms with Crippen LogP contribution in [0.25, 0.3) is 10.8 Å². The van der Waals surface area contributed by atoms with Gasteiger partial charge in [0.15, 0.2) is 0 Å². The molecule has 338 valence electrons. The molecule has 0 spiro atoms. The number of primary amides is 2. The normalized spacial score (nSPS) is 13.5. The number of carbonyl (C=O) groups excluding carboxylic acids is 6. The van der Waals surface area contributed by atoms with Gasteiger partial charge in [-0.05, 0) is 40.7 Å². The standard InChI is InChI=1S/C48H68N6O8/c1-3-33(2)44(47(60)52-38(45(50)58)31-35-27-28-36-23-19-20-24-37(36)29-35)54-43(57)26-18-13-11-9-7-5-4-6-8-10-12-17-25-42(56)51-39(32-41(49)55)46(59)53-40(48(61)62)30-34-21-15-14-16-22-34/h14-16,19-24,27-29,33,38-40,44H,3-13,17-18,25-26,30-32H2,1-2H3,(H2,49,55)(H2,50,58)(H,51,56)(H,52,60)(H,53,59)(H,54,57)(H,61,62)/t33-,38-,39-,40-,44-/m0/s1. The van der Waals surface area contributed by atoms with E-state index in [9.17, 15) is 38.7 Å². The summed E-state index contributed by atoms with van der Waals surface area (Å²) >= 11 is 0. The fraction of sp³-hybridized carbons (Fsp3) is 0.521. The fourth-order valence-corrected chi connectivity index (χ4v) is 7.37. The van der Waals surface area contributed by atoms with Gasteiger partial charge in [0.05, 0.1) is 6.42 Å². The average molecular weight is 857 g/mol. The topological polar surface area (TPSA) is 240 Å². The highest BCUT2D eigenvalue weighted by atomic mass is 16.4. The van der Waals surface area contributed by atoms with E-state index in [2.05, 4.69) is 21.3 Å². The summed E-state index contributed by atoms with van der Waals surface area (Å²) in [7, 11) is 0. The molecule has 6 amide bonds. The lowest BCUT2D eigenvalue weighted by Gasteiger charge is -2.26. The molecule has 0 heterocycles. The fourth-order valence-electron chi connectivity index (χ4n) is 7.37. The molecule has 0 radical (unpaired) electrons. The smallest absolute Gasteiger partial charge is 0.326 e. The van der Waals surface area contributed by atoms with Crippen molar-refractivity contribution in [2.24, 2.45) is 17.4 Å². The molecule has 3 aromatic rings. The van der Waals surface area contributed by atoms with Crippen LogP contribution in [-0.4, -0.2) is 70.7 Å². The third kappa shape index (κ3) is 19.3. The number of hydrogen-bond donors (Lipinski definition) is 7. The largest absolute Gasteiger partial charge is 0.480 e. The van der Waals surface area contributed by atoms with Gasteiger partial charge in [0.1, 0.15) is 24.2 Å². The van der Waals surface area contributed by atoms with Crippen molar-refractivity contribution in [1.29, 1.82) is 0 Å². The average Bonchev–Trinajstić information content (AvgIpc) is 3.24. The van der Waals surface area contributed by atoms with Crippen LogP contribution in [0.2, 0.25) is 0 Å². The molecule has 0 unspecified atom stereocenters. The van der Waals surface area contributed by atoms with E-state index < -0.39 is 66.1 Å². The van der Waals surface area contributed by atoms with E-state index in [1.165, 1.54) is 0 Å². The molecule has 62 heavy (non-hydrogen) atoms. The number of carbonyl (C=O) groups is 7. The number of fused-ring (bicyclic) bond motifs is 1. The molecule has 9 N–H and O–H groups in total. The van der Waals surface area contributed by atoms with Crippen LogP contribution in [-0.2, 0) is 46.4 Å². The Bertz CT molecular complexity index is 1910. The lowest BCUT2D eigenvalue weighted by molar-refractivity contribution is -0.142. The maximum absolute atomic E-state index is 13.4. The highest BCUT2D eigenvalue weighted by molar-refractivity contribution is 5.94. The highest BCUT2D eigenvalue weighted by Gasteiger charge is 2.30. The third-order valence-corrected chi connectivity index (χ3v) is 11.2. The molecule has 3 aromatic carbocycles. The number of nitrogens with one attached hydrogen (secondary N) is 4. The van der Waals surface area contributed by atoms with Crippen molar-refractivity contribution in [2.75, 3.05) is 0 Å². The summed E-state index contributed by atoms with van der Waals surface area (Å²) in [6.07, 6.45) is 12.7. The predicted octanol–water partition coefficient (Wildman–Crippen LogP) is 5.52. The van der Waals surface area contributed by atoms with E-state index in [-0.39, 0.29) is 31.1 Å². The Hall–Kier alpha value is -5.79. The van der Waals surface area contributed by atoms with E-state index in [0.717, 1.165) is 87.0 Å². The lowest BCUT2D eigenvalue weighted by Crippen LogP contribution is -2.55. The summed E-state index contributed by atoms with van der Waals surface area (Å²) in [5.74, 6) is -4.56. The van der Waals surface area contributed by atoms with Gasteiger partial charge in [0.25, 0.3) is 0 Å². The number of hydrogen-bond acceptors (Lipinski definition) is 7. The molecule has 5 atom stereocenters. The summed E-state index contributed by atoms with van der Waals surface area (Å²) in [6, 6.07) is 18.4. The molecule has 14 nitrogen and oxygen atoms in total. The highest BCUT2D eigenvalue weighted by Crippen LogP contribution is 2.18. The van der Waals surface area contributed by atoms with Gasteiger partial charge in [-0.15, -0.1) is 0 Å². The van der Waals surface area contributed by atoms with E-state index in [1.54, 1.807) is 30.3 Å². The molecule has 0 saturated heterocycles. The van der Waals surface area contributed by atoms with Crippen molar-refractivity contribution in [1.82, 2.24) is 21.3 Å². The number of benzene rings is 3. The Balaban J connectivity index is 1.24. The molecule has 0 aromatic heterocycles. The van der Waals surface area contributed by atoms with Crippen LogP contribution in [0.5, 0.6) is 0 Å². The van der Waals surface area contributed by atoms with Gasteiger partial charge in [-0.2, -0.15) is 0 Å². The maximum Gasteiger partial charge on any atom is 0.326 e. The van der Waals surface area contributed by atoms with Crippen molar-refractivity contribution >= 4 is 52.2 Å². The minimum absolute atomic E-state index is 0.0456. The zero-order valence-electron chi connectivity index (χ0n) is 36.5. The monoisotopic (exact) mass is 857 g/mol. The van der Waals surface area contributed by atoms with Crippen molar-refractivity contribution < 1.29 is 38.7 Å². The van der Waals surface area contributed by atoms with Crippen LogP contribution in [0.4, 0.5) is 0 Å². The lowest BCUT2D eigenvalue weighted by atomic mass is 9.96. The predicted molar refractivity (Wildman–Crippen MR) is 240 cm³/mol. The molecule has 14 heteroatoms. The molecular weight excluding hydrogens is 789 g/mol. The van der Waals surface area contributed by atoms with Crippen LogP contribution >= 0.6 is 0 Å². The molecule has 3 rings (SSSR count). The van der Waals surface area contributed by atoms with Crippen LogP contribution in [0.3, 0.4) is 0 Å². The Morgan fingerprint density at radius 3 is 1.58 bits per heavy atom. The summed E-state index contributed by atoms with van der Waals surface area (Å²) in [5, 5.41) is 22.4. The second-order valence-corrected chi connectivity index (χ2v) is 16.4. The van der Waals surface area contributed by atoms with E-state index in [0.29, 0.717) is 24.8 Å². The van der Waals surface area contributed by atoms with Crippen LogP contribution < -0.4 is 32.7 Å². The van der Waals surface area contributed by atoms with Gasteiger partial charge in [-0.1, -0.05) is 157 Å². The molecule has 0 saturated carbocycles. The van der Waals surface area contributed by atoms with Crippen LogP contribution in [0.15, 0.2) is 72.8 Å².